The Labute approximate surface area is 135 Å². The fourth-order valence-corrected chi connectivity index (χ4v) is 2.62. The van der Waals surface area contributed by atoms with Crippen molar-refractivity contribution in [1.29, 1.82) is 0 Å². The Morgan fingerprint density at radius 2 is 2.00 bits per heavy atom. The second-order valence-electron chi connectivity index (χ2n) is 5.74. The van der Waals surface area contributed by atoms with Crippen LogP contribution in [0.2, 0.25) is 0 Å². The van der Waals surface area contributed by atoms with Crippen LogP contribution in [0.4, 0.5) is 0 Å². The summed E-state index contributed by atoms with van der Waals surface area (Å²) in [6.45, 7) is 4.40. The summed E-state index contributed by atoms with van der Waals surface area (Å²) in [6.07, 6.45) is 1.26. The van der Waals surface area contributed by atoms with E-state index in [4.69, 9.17) is 4.42 Å². The molecule has 4 nitrogen and oxygen atoms in total. The molecular weight excluding hydrogens is 288 g/mol. The van der Waals surface area contributed by atoms with Crippen LogP contribution in [-0.2, 0) is 17.8 Å². The van der Waals surface area contributed by atoms with Gasteiger partial charge in [-0.1, -0.05) is 30.3 Å². The number of carbonyl (C=O) groups excluding carboxylic acids is 1. The Hall–Kier alpha value is -2.62. The second kappa shape index (κ2) is 6.65. The fraction of sp³-hybridized carbons (Fsp3) is 0.263. The zero-order valence-corrected chi connectivity index (χ0v) is 13.4. The zero-order valence-electron chi connectivity index (χ0n) is 13.4. The summed E-state index contributed by atoms with van der Waals surface area (Å²) >= 11 is 0. The minimum atomic E-state index is 0.0575. The third-order valence-electron chi connectivity index (χ3n) is 3.93. The second-order valence-corrected chi connectivity index (χ2v) is 5.74. The number of oxazole rings is 1. The molecule has 0 saturated heterocycles. The lowest BCUT2D eigenvalue weighted by molar-refractivity contribution is -0.121. The monoisotopic (exact) mass is 308 g/mol. The summed E-state index contributed by atoms with van der Waals surface area (Å²) in [6, 6.07) is 14.0. The van der Waals surface area contributed by atoms with Gasteiger partial charge < -0.3 is 9.73 Å². The summed E-state index contributed by atoms with van der Waals surface area (Å²) < 4.78 is 5.51. The standard InChI is InChI=1S/C19H20N2O2/c1-13-5-3-4-6-16(13)8-10-19(22)20-12-15-7-9-17-18(11-15)23-14(2)21-17/h3-7,9,11H,8,10,12H2,1-2H3,(H,20,22). The molecule has 0 aliphatic heterocycles. The van der Waals surface area contributed by atoms with E-state index in [0.29, 0.717) is 18.9 Å². The topological polar surface area (TPSA) is 55.1 Å². The number of amides is 1. The van der Waals surface area contributed by atoms with Crippen molar-refractivity contribution in [2.24, 2.45) is 0 Å². The maximum Gasteiger partial charge on any atom is 0.220 e. The van der Waals surface area contributed by atoms with E-state index in [9.17, 15) is 4.79 Å². The lowest BCUT2D eigenvalue weighted by atomic mass is 10.0. The molecule has 0 spiro atoms. The minimum Gasteiger partial charge on any atom is -0.441 e. The molecule has 3 aromatic rings. The largest absolute Gasteiger partial charge is 0.441 e. The van der Waals surface area contributed by atoms with E-state index >= 15 is 0 Å². The number of hydrogen-bond donors (Lipinski definition) is 1. The number of nitrogens with zero attached hydrogens (tertiary/aromatic N) is 1. The molecule has 0 bridgehead atoms. The van der Waals surface area contributed by atoms with Gasteiger partial charge in [-0.3, -0.25) is 4.79 Å². The van der Waals surface area contributed by atoms with E-state index in [2.05, 4.69) is 29.4 Å². The molecule has 0 atom stereocenters. The molecule has 2 aromatic carbocycles. The van der Waals surface area contributed by atoms with Gasteiger partial charge in [-0.15, -0.1) is 0 Å². The van der Waals surface area contributed by atoms with Crippen molar-refractivity contribution in [2.75, 3.05) is 0 Å². The maximum absolute atomic E-state index is 12.0. The van der Waals surface area contributed by atoms with Crippen LogP contribution in [-0.4, -0.2) is 10.9 Å². The zero-order chi connectivity index (χ0) is 16.2. The van der Waals surface area contributed by atoms with E-state index in [1.54, 1.807) is 0 Å². The highest BCUT2D eigenvalue weighted by Gasteiger charge is 2.06. The Morgan fingerprint density at radius 3 is 2.83 bits per heavy atom. The molecule has 0 aliphatic rings. The number of hydrogen-bond acceptors (Lipinski definition) is 3. The Morgan fingerprint density at radius 1 is 1.17 bits per heavy atom. The van der Waals surface area contributed by atoms with E-state index in [0.717, 1.165) is 23.1 Å². The van der Waals surface area contributed by atoms with Crippen LogP contribution in [0.1, 0.15) is 29.0 Å². The number of carbonyl (C=O) groups is 1. The predicted octanol–water partition coefficient (Wildman–Crippen LogP) is 3.69. The highest BCUT2D eigenvalue weighted by Crippen LogP contribution is 2.17. The molecule has 0 fully saturated rings. The molecule has 0 radical (unpaired) electrons. The van der Waals surface area contributed by atoms with E-state index < -0.39 is 0 Å². The Kier molecular flexibility index (Phi) is 4.42. The molecule has 3 rings (SSSR count). The average molecular weight is 308 g/mol. The highest BCUT2D eigenvalue weighted by molar-refractivity contribution is 5.77. The van der Waals surface area contributed by atoms with Crippen LogP contribution in [0.3, 0.4) is 0 Å². The van der Waals surface area contributed by atoms with E-state index in [1.807, 2.05) is 37.3 Å². The first kappa shape index (κ1) is 15.3. The van der Waals surface area contributed by atoms with Crippen molar-refractivity contribution in [1.82, 2.24) is 10.3 Å². The molecule has 0 unspecified atom stereocenters. The average Bonchev–Trinajstić information content (AvgIpc) is 2.91. The molecule has 1 heterocycles. The van der Waals surface area contributed by atoms with Gasteiger partial charge in [0.1, 0.15) is 5.52 Å². The van der Waals surface area contributed by atoms with Crippen molar-refractivity contribution in [3.63, 3.8) is 0 Å². The Balaban J connectivity index is 1.54. The fourth-order valence-electron chi connectivity index (χ4n) is 2.62. The van der Waals surface area contributed by atoms with Gasteiger partial charge >= 0.3 is 0 Å². The van der Waals surface area contributed by atoms with Gasteiger partial charge in [-0.2, -0.15) is 0 Å². The molecule has 1 N–H and O–H groups in total. The van der Waals surface area contributed by atoms with Crippen molar-refractivity contribution in [2.45, 2.75) is 33.2 Å². The number of fused-ring (bicyclic) bond motifs is 1. The smallest absolute Gasteiger partial charge is 0.220 e. The van der Waals surface area contributed by atoms with Crippen LogP contribution in [0, 0.1) is 13.8 Å². The van der Waals surface area contributed by atoms with Gasteiger partial charge in [0.05, 0.1) is 0 Å². The first-order chi connectivity index (χ1) is 11.1. The number of rotatable bonds is 5. The minimum absolute atomic E-state index is 0.0575. The third kappa shape index (κ3) is 3.77. The first-order valence-electron chi connectivity index (χ1n) is 7.79. The Bertz CT molecular complexity index is 836. The number of nitrogens with one attached hydrogen (secondary N) is 1. The maximum atomic E-state index is 12.0. The van der Waals surface area contributed by atoms with Gasteiger partial charge in [-0.05, 0) is 42.2 Å². The summed E-state index contributed by atoms with van der Waals surface area (Å²) in [7, 11) is 0. The van der Waals surface area contributed by atoms with Crippen molar-refractivity contribution in [3.05, 3.63) is 65.0 Å². The number of aryl methyl sites for hydroxylation is 3. The first-order valence-corrected chi connectivity index (χ1v) is 7.79. The predicted molar refractivity (Wildman–Crippen MR) is 90.1 cm³/mol. The summed E-state index contributed by atoms with van der Waals surface area (Å²) in [5.74, 6) is 0.710. The lowest BCUT2D eigenvalue weighted by Gasteiger charge is -2.07. The van der Waals surface area contributed by atoms with E-state index in [-0.39, 0.29) is 5.91 Å². The molecule has 0 aliphatic carbocycles. The van der Waals surface area contributed by atoms with Crippen LogP contribution < -0.4 is 5.32 Å². The molecular formula is C19H20N2O2. The number of aromatic nitrogens is 1. The summed E-state index contributed by atoms with van der Waals surface area (Å²) in [4.78, 5) is 16.3. The van der Waals surface area contributed by atoms with E-state index in [1.165, 1.54) is 11.1 Å². The van der Waals surface area contributed by atoms with Crippen molar-refractivity contribution < 1.29 is 9.21 Å². The van der Waals surface area contributed by atoms with Gasteiger partial charge in [0, 0.05) is 19.9 Å². The van der Waals surface area contributed by atoms with Crippen LogP contribution in [0.15, 0.2) is 46.9 Å². The highest BCUT2D eigenvalue weighted by atomic mass is 16.3. The van der Waals surface area contributed by atoms with Gasteiger partial charge in [0.15, 0.2) is 11.5 Å². The van der Waals surface area contributed by atoms with Crippen LogP contribution >= 0.6 is 0 Å². The van der Waals surface area contributed by atoms with Gasteiger partial charge in [0.2, 0.25) is 5.91 Å². The molecule has 23 heavy (non-hydrogen) atoms. The van der Waals surface area contributed by atoms with Gasteiger partial charge in [-0.25, -0.2) is 4.98 Å². The molecule has 4 heteroatoms. The summed E-state index contributed by atoms with van der Waals surface area (Å²) in [5, 5.41) is 2.96. The van der Waals surface area contributed by atoms with Gasteiger partial charge in [0.25, 0.3) is 0 Å². The molecule has 1 aromatic heterocycles. The normalized spacial score (nSPS) is 10.9. The molecule has 0 saturated carbocycles. The third-order valence-corrected chi connectivity index (χ3v) is 3.93. The van der Waals surface area contributed by atoms with Crippen molar-refractivity contribution in [3.8, 4) is 0 Å². The molecule has 1 amide bonds. The quantitative estimate of drug-likeness (QED) is 0.782. The SMILES string of the molecule is Cc1nc2ccc(CNC(=O)CCc3ccccc3C)cc2o1. The summed E-state index contributed by atoms with van der Waals surface area (Å²) in [5.41, 5.74) is 5.07. The lowest BCUT2D eigenvalue weighted by Crippen LogP contribution is -2.23. The van der Waals surface area contributed by atoms with Crippen molar-refractivity contribution >= 4 is 17.0 Å². The van der Waals surface area contributed by atoms with Crippen LogP contribution in [0.25, 0.3) is 11.1 Å². The number of benzene rings is 2. The van der Waals surface area contributed by atoms with Crippen LogP contribution in [0.5, 0.6) is 0 Å². The molecule has 118 valence electrons.